The average Bonchev–Trinajstić information content (AvgIpc) is 3.40. The van der Waals surface area contributed by atoms with Gasteiger partial charge in [-0.25, -0.2) is 0 Å². The fraction of sp³-hybridized carbons (Fsp3) is 0. The zero-order chi connectivity index (χ0) is 28.5. The molecular weight excluding hydrogens is 527 g/mol. The number of hydrogen-bond donors (Lipinski definition) is 0. The summed E-state index contributed by atoms with van der Waals surface area (Å²) in [7, 11) is -2.87. The van der Waals surface area contributed by atoms with E-state index in [9.17, 15) is 10.5 Å². The van der Waals surface area contributed by atoms with Crippen LogP contribution in [0.5, 0.6) is 0 Å². The zero-order valence-electron chi connectivity index (χ0n) is 22.8. The lowest BCUT2D eigenvalue weighted by Crippen LogP contribution is -2.74. The lowest BCUT2D eigenvalue weighted by molar-refractivity contribution is 1.18. The molecule has 7 rings (SSSR count). The summed E-state index contributed by atoms with van der Waals surface area (Å²) < 4.78 is 2.34. The first-order valence-corrected chi connectivity index (χ1v) is 15.9. The van der Waals surface area contributed by atoms with Gasteiger partial charge in [0.2, 0.25) is 0 Å². The molecule has 0 saturated carbocycles. The van der Waals surface area contributed by atoms with Crippen LogP contribution < -0.4 is 20.7 Å². The second-order valence-corrected chi connectivity index (χ2v) is 14.2. The van der Waals surface area contributed by atoms with Gasteiger partial charge in [-0.1, -0.05) is 103 Å². The van der Waals surface area contributed by atoms with Gasteiger partial charge >= 0.3 is 0 Å². The Labute approximate surface area is 245 Å². The van der Waals surface area contributed by atoms with Crippen molar-refractivity contribution in [3.05, 3.63) is 163 Å². The van der Waals surface area contributed by atoms with E-state index < -0.39 is 8.07 Å². The minimum Gasteiger partial charge on any atom is -0.309 e. The summed E-state index contributed by atoms with van der Waals surface area (Å²) in [5, 5.41) is 26.4. The van der Waals surface area contributed by atoms with Gasteiger partial charge in [0.1, 0.15) is 0 Å². The molecule has 0 spiro atoms. The van der Waals surface area contributed by atoms with Crippen LogP contribution in [0.15, 0.2) is 152 Å². The molecule has 0 atom stereocenters. The number of benzene rings is 6. The Hall–Kier alpha value is -5.68. The molecule has 3 nitrogen and oxygen atoms in total. The van der Waals surface area contributed by atoms with Crippen molar-refractivity contribution >= 4 is 50.6 Å². The topological polar surface area (TPSA) is 52.5 Å². The number of rotatable bonds is 5. The summed E-state index contributed by atoms with van der Waals surface area (Å²) in [6.45, 7) is 0. The highest BCUT2D eigenvalue weighted by molar-refractivity contribution is 7.20. The normalized spacial score (nSPS) is 11.3. The Morgan fingerprint density at radius 1 is 0.429 bits per heavy atom. The Kier molecular flexibility index (Phi) is 6.25. The molecule has 0 aliphatic carbocycles. The lowest BCUT2D eigenvalue weighted by Gasteiger charge is -2.34. The Balaban J connectivity index is 1.60. The molecule has 0 aliphatic heterocycles. The number of para-hydroxylation sites is 2. The van der Waals surface area contributed by atoms with E-state index in [4.69, 9.17) is 0 Å². The van der Waals surface area contributed by atoms with Crippen molar-refractivity contribution < 1.29 is 0 Å². The smallest absolute Gasteiger partial charge is 0.179 e. The molecule has 1 aromatic heterocycles. The van der Waals surface area contributed by atoms with E-state index in [1.807, 2.05) is 30.3 Å². The van der Waals surface area contributed by atoms with Gasteiger partial charge in [-0.05, 0) is 69.3 Å². The van der Waals surface area contributed by atoms with Crippen molar-refractivity contribution in [2.24, 2.45) is 0 Å². The van der Waals surface area contributed by atoms with E-state index in [1.54, 1.807) is 0 Å². The molecule has 0 radical (unpaired) electrons. The first-order chi connectivity index (χ1) is 20.7. The second kappa shape index (κ2) is 10.4. The monoisotopic (exact) mass is 551 g/mol. The molecule has 0 amide bonds. The maximum Gasteiger partial charge on any atom is 0.179 e. The number of hydrogen-bond acceptors (Lipinski definition) is 2. The van der Waals surface area contributed by atoms with Gasteiger partial charge in [0, 0.05) is 16.5 Å². The van der Waals surface area contributed by atoms with E-state index in [-0.39, 0.29) is 0 Å². The molecule has 0 fully saturated rings. The van der Waals surface area contributed by atoms with Crippen molar-refractivity contribution in [2.45, 2.75) is 0 Å². The van der Waals surface area contributed by atoms with Crippen LogP contribution >= 0.6 is 0 Å². The van der Waals surface area contributed by atoms with Crippen molar-refractivity contribution in [3.63, 3.8) is 0 Å². The summed E-state index contributed by atoms with van der Waals surface area (Å²) in [5.41, 5.74) is 4.72. The van der Waals surface area contributed by atoms with Crippen LogP contribution in [0, 0.1) is 22.7 Å². The van der Waals surface area contributed by atoms with Gasteiger partial charge < -0.3 is 4.57 Å². The van der Waals surface area contributed by atoms with Crippen LogP contribution in [-0.2, 0) is 0 Å². The van der Waals surface area contributed by atoms with E-state index in [2.05, 4.69) is 138 Å². The summed E-state index contributed by atoms with van der Waals surface area (Å²) in [5.74, 6) is 0. The first-order valence-electron chi connectivity index (χ1n) is 13.9. The minimum absolute atomic E-state index is 0.635. The molecule has 0 aliphatic rings. The lowest BCUT2D eigenvalue weighted by atomic mass is 10.1. The van der Waals surface area contributed by atoms with Crippen LogP contribution in [-0.4, -0.2) is 12.6 Å². The highest BCUT2D eigenvalue weighted by atomic mass is 28.3. The maximum absolute atomic E-state index is 9.58. The van der Waals surface area contributed by atoms with Crippen molar-refractivity contribution in [3.8, 4) is 17.8 Å². The van der Waals surface area contributed by atoms with Gasteiger partial charge in [-0.15, -0.1) is 0 Å². The number of nitriles is 2. The second-order valence-electron chi connectivity index (χ2n) is 10.4. The summed E-state index contributed by atoms with van der Waals surface area (Å²) in [4.78, 5) is 0. The molecule has 196 valence electrons. The van der Waals surface area contributed by atoms with Crippen molar-refractivity contribution in [1.29, 1.82) is 10.5 Å². The number of fused-ring (bicyclic) bond motifs is 3. The largest absolute Gasteiger partial charge is 0.309 e. The van der Waals surface area contributed by atoms with Crippen LogP contribution in [0.25, 0.3) is 27.5 Å². The molecule has 42 heavy (non-hydrogen) atoms. The van der Waals surface area contributed by atoms with Crippen LogP contribution in [0.3, 0.4) is 0 Å². The Bertz CT molecular complexity index is 2070. The summed E-state index contributed by atoms with van der Waals surface area (Å²) in [6.07, 6.45) is 0. The van der Waals surface area contributed by atoms with Crippen LogP contribution in [0.4, 0.5) is 0 Å². The van der Waals surface area contributed by atoms with Crippen molar-refractivity contribution in [1.82, 2.24) is 4.57 Å². The van der Waals surface area contributed by atoms with Gasteiger partial charge in [-0.3, -0.25) is 0 Å². The van der Waals surface area contributed by atoms with Gasteiger partial charge in [-0.2, -0.15) is 10.5 Å². The third-order valence-electron chi connectivity index (χ3n) is 8.22. The van der Waals surface area contributed by atoms with E-state index in [0.717, 1.165) is 11.2 Å². The van der Waals surface area contributed by atoms with E-state index >= 15 is 0 Å². The SMILES string of the molecule is N#Cc1ccc([Si](c2ccccc2)(c2ccc(C#N)cc2)c2ccc3c(c2)c2ccccc2n3-c2ccccc2)cc1. The molecule has 7 aromatic rings. The van der Waals surface area contributed by atoms with E-state index in [0.29, 0.717) is 11.1 Å². The zero-order valence-corrected chi connectivity index (χ0v) is 23.8. The average molecular weight is 552 g/mol. The van der Waals surface area contributed by atoms with Gasteiger partial charge in [0.25, 0.3) is 0 Å². The fourth-order valence-electron chi connectivity index (χ4n) is 6.34. The number of nitrogens with zero attached hydrogens (tertiary/aromatic N) is 3. The Morgan fingerprint density at radius 2 is 0.905 bits per heavy atom. The number of aromatic nitrogens is 1. The highest BCUT2D eigenvalue weighted by Crippen LogP contribution is 2.31. The third kappa shape index (κ3) is 3.94. The molecule has 1 heterocycles. The maximum atomic E-state index is 9.58. The molecule has 0 bridgehead atoms. The molecule has 0 saturated heterocycles. The van der Waals surface area contributed by atoms with Crippen molar-refractivity contribution in [2.75, 3.05) is 0 Å². The quantitative estimate of drug-likeness (QED) is 0.197. The van der Waals surface area contributed by atoms with Crippen LogP contribution in [0.1, 0.15) is 11.1 Å². The first kappa shape index (κ1) is 25.3. The standard InChI is InChI=1S/C38H25N3Si/c39-26-28-15-19-32(20-16-28)42(31-11-5-2-6-12-31,33-21-17-29(27-40)18-22-33)34-23-24-38-36(25-34)35-13-7-8-14-37(35)41(38)30-9-3-1-4-10-30/h1-25H. The summed E-state index contributed by atoms with van der Waals surface area (Å²) in [6, 6.07) is 57.4. The third-order valence-corrected chi connectivity index (χ3v) is 13.0. The fourth-order valence-corrected chi connectivity index (χ4v) is 11.1. The predicted molar refractivity (Wildman–Crippen MR) is 174 cm³/mol. The van der Waals surface area contributed by atoms with Gasteiger partial charge in [0.15, 0.2) is 8.07 Å². The summed E-state index contributed by atoms with van der Waals surface area (Å²) >= 11 is 0. The van der Waals surface area contributed by atoms with E-state index in [1.165, 1.54) is 37.0 Å². The predicted octanol–water partition coefficient (Wildman–Crippen LogP) is 5.90. The molecule has 6 aromatic carbocycles. The molecule has 4 heteroatoms. The van der Waals surface area contributed by atoms with Gasteiger partial charge in [0.05, 0.1) is 34.3 Å². The molecular formula is C38H25N3Si. The highest BCUT2D eigenvalue weighted by Gasteiger charge is 2.41. The van der Waals surface area contributed by atoms with Crippen LogP contribution in [0.2, 0.25) is 0 Å². The molecule has 0 N–H and O–H groups in total. The Morgan fingerprint density at radius 3 is 1.50 bits per heavy atom. The molecule has 0 unspecified atom stereocenters. The minimum atomic E-state index is -2.87.